The summed E-state index contributed by atoms with van der Waals surface area (Å²) < 4.78 is 13.0. The van der Waals surface area contributed by atoms with Gasteiger partial charge in [-0.3, -0.25) is 0 Å². The van der Waals surface area contributed by atoms with E-state index in [-0.39, 0.29) is 24.0 Å². The summed E-state index contributed by atoms with van der Waals surface area (Å²) in [6, 6.07) is 2.66. The Morgan fingerprint density at radius 3 is 3.00 bits per heavy atom. The van der Waals surface area contributed by atoms with Gasteiger partial charge in [0.25, 0.3) is 0 Å². The third kappa shape index (κ3) is 3.26. The van der Waals surface area contributed by atoms with Crippen molar-refractivity contribution in [3.63, 3.8) is 0 Å². The molecular weight excluding hydrogens is 195 g/mol. The first kappa shape index (κ1) is 10.4. The molecule has 0 amide bonds. The molecule has 2 N–H and O–H groups in total. The van der Waals surface area contributed by atoms with Crippen LogP contribution in [0.2, 0.25) is 5.15 Å². The fourth-order valence-electron chi connectivity index (χ4n) is 0.868. The Kier molecular flexibility index (Phi) is 4.08. The number of hydrogen-bond donors (Lipinski definition) is 2. The highest BCUT2D eigenvalue weighted by Crippen LogP contribution is 2.09. The third-order valence-corrected chi connectivity index (χ3v) is 1.68. The zero-order chi connectivity index (χ0) is 9.68. The average Bonchev–Trinajstić information content (AvgIpc) is 2.11. The first-order valence-corrected chi connectivity index (χ1v) is 4.24. The molecule has 3 nitrogen and oxygen atoms in total. The fraction of sp³-hybridized carbons (Fsp3) is 0.375. The lowest BCUT2D eigenvalue weighted by atomic mass is 10.3. The van der Waals surface area contributed by atoms with E-state index >= 15 is 0 Å². The van der Waals surface area contributed by atoms with Crippen LogP contribution in [-0.2, 0) is 6.54 Å². The molecule has 1 rings (SSSR count). The van der Waals surface area contributed by atoms with Crippen LogP contribution in [0.15, 0.2) is 12.1 Å². The highest BCUT2D eigenvalue weighted by Gasteiger charge is 2.03. The summed E-state index contributed by atoms with van der Waals surface area (Å²) in [5.41, 5.74) is 0.265. The number of nitrogens with one attached hydrogen (secondary N) is 1. The molecule has 72 valence electrons. The van der Waals surface area contributed by atoms with Crippen molar-refractivity contribution in [1.29, 1.82) is 0 Å². The van der Waals surface area contributed by atoms with E-state index in [1.807, 2.05) is 0 Å². The van der Waals surface area contributed by atoms with Gasteiger partial charge in [0.05, 0.1) is 12.3 Å². The van der Waals surface area contributed by atoms with Crippen LogP contribution >= 0.6 is 11.6 Å². The van der Waals surface area contributed by atoms with E-state index in [1.54, 1.807) is 0 Å². The molecule has 0 spiro atoms. The molecule has 0 aliphatic carbocycles. The van der Waals surface area contributed by atoms with E-state index in [9.17, 15) is 4.39 Å². The molecule has 1 heterocycles. The maximum absolute atomic E-state index is 13.0. The Morgan fingerprint density at radius 2 is 2.31 bits per heavy atom. The molecule has 0 aliphatic rings. The molecule has 0 bridgehead atoms. The molecule has 0 atom stereocenters. The zero-order valence-electron chi connectivity index (χ0n) is 6.93. The van der Waals surface area contributed by atoms with Crippen LogP contribution in [0, 0.1) is 5.82 Å². The third-order valence-electron chi connectivity index (χ3n) is 1.47. The smallest absolute Gasteiger partial charge is 0.146 e. The van der Waals surface area contributed by atoms with Crippen LogP contribution in [0.5, 0.6) is 0 Å². The fourth-order valence-corrected chi connectivity index (χ4v) is 1.03. The molecule has 0 aromatic carbocycles. The molecule has 1 aromatic rings. The van der Waals surface area contributed by atoms with Gasteiger partial charge >= 0.3 is 0 Å². The van der Waals surface area contributed by atoms with Crippen LogP contribution < -0.4 is 5.32 Å². The average molecular weight is 205 g/mol. The molecule has 0 saturated carbocycles. The van der Waals surface area contributed by atoms with Gasteiger partial charge in [0.2, 0.25) is 0 Å². The second kappa shape index (κ2) is 5.11. The zero-order valence-corrected chi connectivity index (χ0v) is 7.68. The minimum atomic E-state index is -0.394. The Hall–Kier alpha value is -0.710. The van der Waals surface area contributed by atoms with Gasteiger partial charge < -0.3 is 10.4 Å². The number of halogens is 2. The summed E-state index contributed by atoms with van der Waals surface area (Å²) >= 11 is 5.57. The monoisotopic (exact) mass is 204 g/mol. The number of hydrogen-bond acceptors (Lipinski definition) is 3. The number of aromatic nitrogens is 1. The molecule has 0 saturated heterocycles. The van der Waals surface area contributed by atoms with Gasteiger partial charge in [-0.15, -0.1) is 0 Å². The predicted octanol–water partition coefficient (Wildman–Crippen LogP) is 0.956. The van der Waals surface area contributed by atoms with Gasteiger partial charge in [-0.25, -0.2) is 9.37 Å². The number of pyridine rings is 1. The van der Waals surface area contributed by atoms with Crippen LogP contribution in [0.3, 0.4) is 0 Å². The van der Waals surface area contributed by atoms with Crippen molar-refractivity contribution in [2.45, 2.75) is 6.54 Å². The largest absolute Gasteiger partial charge is 0.395 e. The highest BCUT2D eigenvalue weighted by atomic mass is 35.5. The standard InChI is InChI=1S/C8H10ClFN2O/c9-8-2-1-6(10)7(12-8)5-11-3-4-13/h1-2,11,13H,3-5H2. The second-order valence-corrected chi connectivity index (χ2v) is 2.85. The van der Waals surface area contributed by atoms with Crippen LogP contribution in [0.4, 0.5) is 4.39 Å². The maximum Gasteiger partial charge on any atom is 0.146 e. The van der Waals surface area contributed by atoms with E-state index in [0.717, 1.165) is 0 Å². The van der Waals surface area contributed by atoms with Gasteiger partial charge in [0.1, 0.15) is 11.0 Å². The van der Waals surface area contributed by atoms with E-state index in [1.165, 1.54) is 12.1 Å². The van der Waals surface area contributed by atoms with Crippen molar-refractivity contribution < 1.29 is 9.50 Å². The maximum atomic E-state index is 13.0. The van der Waals surface area contributed by atoms with Crippen molar-refractivity contribution >= 4 is 11.6 Å². The number of nitrogens with zero attached hydrogens (tertiary/aromatic N) is 1. The van der Waals surface area contributed by atoms with Crippen molar-refractivity contribution in [2.24, 2.45) is 0 Å². The minimum absolute atomic E-state index is 0.0161. The van der Waals surface area contributed by atoms with Crippen LogP contribution in [0.25, 0.3) is 0 Å². The molecule has 1 aromatic heterocycles. The van der Waals surface area contributed by atoms with Crippen LogP contribution in [0.1, 0.15) is 5.69 Å². The number of aliphatic hydroxyl groups is 1. The Morgan fingerprint density at radius 1 is 1.54 bits per heavy atom. The molecule has 0 fully saturated rings. The van der Waals surface area contributed by atoms with E-state index in [4.69, 9.17) is 16.7 Å². The Labute approximate surface area is 80.6 Å². The lowest BCUT2D eigenvalue weighted by Crippen LogP contribution is -2.19. The van der Waals surface area contributed by atoms with Crippen molar-refractivity contribution in [3.05, 3.63) is 28.8 Å². The first-order chi connectivity index (χ1) is 6.24. The topological polar surface area (TPSA) is 45.1 Å². The second-order valence-electron chi connectivity index (χ2n) is 2.46. The van der Waals surface area contributed by atoms with Crippen molar-refractivity contribution in [1.82, 2.24) is 10.3 Å². The predicted molar refractivity (Wildman–Crippen MR) is 48.0 cm³/mol. The summed E-state index contributed by atoms with van der Waals surface area (Å²) in [7, 11) is 0. The Bertz CT molecular complexity index is 283. The van der Waals surface area contributed by atoms with Gasteiger partial charge in [0, 0.05) is 13.1 Å². The molecular formula is C8H10ClFN2O. The molecule has 5 heteroatoms. The SMILES string of the molecule is OCCNCc1nc(Cl)ccc1F. The lowest BCUT2D eigenvalue weighted by molar-refractivity contribution is 0.291. The van der Waals surface area contributed by atoms with E-state index in [2.05, 4.69) is 10.3 Å². The highest BCUT2D eigenvalue weighted by molar-refractivity contribution is 6.29. The molecule has 0 unspecified atom stereocenters. The minimum Gasteiger partial charge on any atom is -0.395 e. The lowest BCUT2D eigenvalue weighted by Gasteiger charge is -2.03. The van der Waals surface area contributed by atoms with Crippen LogP contribution in [-0.4, -0.2) is 23.2 Å². The van der Waals surface area contributed by atoms with E-state index < -0.39 is 5.82 Å². The number of aliphatic hydroxyl groups excluding tert-OH is 1. The van der Waals surface area contributed by atoms with Gasteiger partial charge in [0.15, 0.2) is 0 Å². The first-order valence-electron chi connectivity index (χ1n) is 3.86. The molecule has 0 aliphatic heterocycles. The summed E-state index contributed by atoms with van der Waals surface area (Å²) in [6.07, 6.45) is 0. The van der Waals surface area contributed by atoms with Gasteiger partial charge in [-0.1, -0.05) is 11.6 Å². The normalized spacial score (nSPS) is 10.4. The van der Waals surface area contributed by atoms with Crippen molar-refractivity contribution in [3.8, 4) is 0 Å². The summed E-state index contributed by atoms with van der Waals surface area (Å²) in [4.78, 5) is 3.79. The Balaban J connectivity index is 2.59. The van der Waals surface area contributed by atoms with Gasteiger partial charge in [-0.2, -0.15) is 0 Å². The summed E-state index contributed by atoms with van der Waals surface area (Å²) in [5, 5.41) is 11.5. The van der Waals surface area contributed by atoms with Gasteiger partial charge in [-0.05, 0) is 12.1 Å². The van der Waals surface area contributed by atoms with E-state index in [0.29, 0.717) is 6.54 Å². The number of rotatable bonds is 4. The van der Waals surface area contributed by atoms with Crippen molar-refractivity contribution in [2.75, 3.05) is 13.2 Å². The molecule has 0 radical (unpaired) electrons. The summed E-state index contributed by atoms with van der Waals surface area (Å²) in [5.74, 6) is -0.394. The quantitative estimate of drug-likeness (QED) is 0.567. The molecule has 13 heavy (non-hydrogen) atoms. The summed E-state index contributed by atoms with van der Waals surface area (Å²) in [6.45, 7) is 0.697.